The third-order valence-corrected chi connectivity index (χ3v) is 5.43. The second-order valence-corrected chi connectivity index (χ2v) is 7.49. The number of carbonyl (C=O) groups is 1. The molecule has 0 N–H and O–H groups in total. The molecule has 1 aliphatic rings. The molecule has 30 heavy (non-hydrogen) atoms. The molecule has 0 radical (unpaired) electrons. The van der Waals surface area contributed by atoms with Crippen molar-refractivity contribution in [1.82, 2.24) is 0 Å². The molecular formula is C24H24O6. The average molecular weight is 408 g/mol. The van der Waals surface area contributed by atoms with Gasteiger partial charge < -0.3 is 18.6 Å². The summed E-state index contributed by atoms with van der Waals surface area (Å²) in [5.41, 5.74) is 2.92. The van der Waals surface area contributed by atoms with E-state index in [0.717, 1.165) is 36.0 Å². The molecule has 1 aromatic heterocycles. The highest BCUT2D eigenvalue weighted by Gasteiger charge is 2.19. The molecular weight excluding hydrogens is 384 g/mol. The van der Waals surface area contributed by atoms with Crippen molar-refractivity contribution in [2.45, 2.75) is 39.4 Å². The van der Waals surface area contributed by atoms with E-state index >= 15 is 0 Å². The number of carbonyl (C=O) groups excluding carboxylic acids is 1. The van der Waals surface area contributed by atoms with Crippen LogP contribution >= 0.6 is 0 Å². The first-order valence-electron chi connectivity index (χ1n) is 10.1. The van der Waals surface area contributed by atoms with E-state index in [1.165, 1.54) is 6.07 Å². The molecule has 2 heterocycles. The van der Waals surface area contributed by atoms with E-state index in [1.807, 2.05) is 32.0 Å². The Morgan fingerprint density at radius 3 is 2.80 bits per heavy atom. The van der Waals surface area contributed by atoms with Crippen LogP contribution in [0.5, 0.6) is 5.75 Å². The van der Waals surface area contributed by atoms with Gasteiger partial charge in [0.05, 0.1) is 6.10 Å². The third kappa shape index (κ3) is 4.24. The molecule has 0 aliphatic carbocycles. The number of hydrogen-bond donors (Lipinski definition) is 0. The smallest absolute Gasteiger partial charge is 0.342 e. The Balaban J connectivity index is 1.52. The fourth-order valence-electron chi connectivity index (χ4n) is 3.58. The summed E-state index contributed by atoms with van der Waals surface area (Å²) in [7, 11) is 0. The van der Waals surface area contributed by atoms with E-state index in [9.17, 15) is 9.59 Å². The molecule has 6 nitrogen and oxygen atoms in total. The largest absolute Gasteiger partial charge is 0.490 e. The van der Waals surface area contributed by atoms with E-state index in [0.29, 0.717) is 29.1 Å². The first-order chi connectivity index (χ1) is 14.5. The standard InChI is InChI=1S/C24H24O6/c1-15-9-10-19-17(12-22(25)30-23(19)16(15)2)13-29-24(26)20-7-3-4-8-21(20)28-14-18-6-5-11-27-18/h3-4,7-10,12,18H,5-6,11,13-14H2,1-2H3/t18-/m1/s1. The van der Waals surface area contributed by atoms with E-state index < -0.39 is 11.6 Å². The molecule has 0 amide bonds. The Kier molecular flexibility index (Phi) is 5.86. The maximum absolute atomic E-state index is 12.7. The van der Waals surface area contributed by atoms with Crippen LogP contribution in [0.2, 0.25) is 0 Å². The van der Waals surface area contributed by atoms with Crippen molar-refractivity contribution in [3.63, 3.8) is 0 Å². The van der Waals surface area contributed by atoms with Crippen molar-refractivity contribution in [2.75, 3.05) is 13.2 Å². The summed E-state index contributed by atoms with van der Waals surface area (Å²) < 4.78 is 22.3. The number of para-hydroxylation sites is 1. The van der Waals surface area contributed by atoms with Gasteiger partial charge in [-0.25, -0.2) is 9.59 Å². The van der Waals surface area contributed by atoms with Crippen LogP contribution < -0.4 is 10.4 Å². The number of hydrogen-bond acceptors (Lipinski definition) is 6. The predicted octanol–water partition coefficient (Wildman–Crippen LogP) is 4.32. The van der Waals surface area contributed by atoms with Crippen LogP contribution in [0.25, 0.3) is 11.0 Å². The predicted molar refractivity (Wildman–Crippen MR) is 112 cm³/mol. The lowest BCUT2D eigenvalue weighted by atomic mass is 10.0. The quantitative estimate of drug-likeness (QED) is 0.447. The van der Waals surface area contributed by atoms with Gasteiger partial charge in [-0.1, -0.05) is 24.3 Å². The van der Waals surface area contributed by atoms with E-state index in [4.69, 9.17) is 18.6 Å². The monoisotopic (exact) mass is 408 g/mol. The highest BCUT2D eigenvalue weighted by Crippen LogP contribution is 2.25. The topological polar surface area (TPSA) is 75.0 Å². The summed E-state index contributed by atoms with van der Waals surface area (Å²) >= 11 is 0. The zero-order valence-corrected chi connectivity index (χ0v) is 17.1. The highest BCUT2D eigenvalue weighted by molar-refractivity contribution is 5.92. The van der Waals surface area contributed by atoms with E-state index in [-0.39, 0.29) is 12.7 Å². The number of benzene rings is 2. The van der Waals surface area contributed by atoms with Crippen LogP contribution in [-0.2, 0) is 16.1 Å². The number of aryl methyl sites for hydroxylation is 2. The lowest BCUT2D eigenvalue weighted by Gasteiger charge is -2.14. The fourth-order valence-corrected chi connectivity index (χ4v) is 3.58. The number of rotatable bonds is 6. The summed E-state index contributed by atoms with van der Waals surface area (Å²) in [4.78, 5) is 24.8. The third-order valence-electron chi connectivity index (χ3n) is 5.43. The highest BCUT2D eigenvalue weighted by atomic mass is 16.5. The van der Waals surface area contributed by atoms with E-state index in [2.05, 4.69) is 0 Å². The van der Waals surface area contributed by atoms with Crippen LogP contribution in [0, 0.1) is 13.8 Å². The van der Waals surface area contributed by atoms with Crippen LogP contribution in [0.3, 0.4) is 0 Å². The van der Waals surface area contributed by atoms with Gasteiger partial charge in [-0.05, 0) is 49.9 Å². The first-order valence-corrected chi connectivity index (χ1v) is 10.1. The normalized spacial score (nSPS) is 16.0. The molecule has 156 valence electrons. The van der Waals surface area contributed by atoms with Gasteiger partial charge in [0.15, 0.2) is 0 Å². The SMILES string of the molecule is Cc1ccc2c(COC(=O)c3ccccc3OC[C@H]3CCCO3)cc(=O)oc2c1C. The molecule has 0 unspecified atom stereocenters. The van der Waals surface area contributed by atoms with Gasteiger partial charge in [0, 0.05) is 23.6 Å². The summed E-state index contributed by atoms with van der Waals surface area (Å²) in [5.74, 6) is -0.0509. The number of esters is 1. The Hall–Kier alpha value is -3.12. The lowest BCUT2D eigenvalue weighted by Crippen LogP contribution is -2.18. The van der Waals surface area contributed by atoms with Crippen LogP contribution in [0.15, 0.2) is 51.7 Å². The molecule has 1 atom stereocenters. The van der Waals surface area contributed by atoms with Crippen molar-refractivity contribution in [3.8, 4) is 5.75 Å². The summed E-state index contributed by atoms with van der Waals surface area (Å²) in [6.07, 6.45) is 2.03. The summed E-state index contributed by atoms with van der Waals surface area (Å²) in [6.45, 7) is 4.96. The minimum absolute atomic E-state index is 0.0382. The molecule has 1 saturated heterocycles. The van der Waals surface area contributed by atoms with Crippen LogP contribution in [-0.4, -0.2) is 25.3 Å². The Morgan fingerprint density at radius 1 is 1.17 bits per heavy atom. The maximum atomic E-state index is 12.7. The molecule has 1 aliphatic heterocycles. The average Bonchev–Trinajstić information content (AvgIpc) is 3.27. The molecule has 2 aromatic carbocycles. The maximum Gasteiger partial charge on any atom is 0.342 e. The second kappa shape index (κ2) is 8.71. The zero-order chi connectivity index (χ0) is 21.1. The molecule has 1 fully saturated rings. The Labute approximate surface area is 174 Å². The summed E-state index contributed by atoms with van der Waals surface area (Å²) in [6, 6.07) is 12.2. The molecule has 0 spiro atoms. The van der Waals surface area contributed by atoms with Gasteiger partial charge >= 0.3 is 11.6 Å². The van der Waals surface area contributed by atoms with Gasteiger partial charge in [0.1, 0.15) is 30.1 Å². The van der Waals surface area contributed by atoms with Crippen LogP contribution in [0.4, 0.5) is 0 Å². The van der Waals surface area contributed by atoms with Gasteiger partial charge in [0.25, 0.3) is 0 Å². The second-order valence-electron chi connectivity index (χ2n) is 7.49. The Morgan fingerprint density at radius 2 is 2.00 bits per heavy atom. The first kappa shape index (κ1) is 20.2. The minimum Gasteiger partial charge on any atom is -0.490 e. The molecule has 0 saturated carbocycles. The molecule has 6 heteroatoms. The zero-order valence-electron chi connectivity index (χ0n) is 17.1. The number of fused-ring (bicyclic) bond motifs is 1. The van der Waals surface area contributed by atoms with Gasteiger partial charge in [-0.3, -0.25) is 0 Å². The van der Waals surface area contributed by atoms with Crippen molar-refractivity contribution in [3.05, 3.63) is 75.1 Å². The molecule has 0 bridgehead atoms. The van der Waals surface area contributed by atoms with Gasteiger partial charge in [0.2, 0.25) is 0 Å². The van der Waals surface area contributed by atoms with Crippen molar-refractivity contribution >= 4 is 16.9 Å². The lowest BCUT2D eigenvalue weighted by molar-refractivity contribution is 0.0455. The van der Waals surface area contributed by atoms with E-state index in [1.54, 1.807) is 18.2 Å². The van der Waals surface area contributed by atoms with Crippen molar-refractivity contribution < 1.29 is 23.4 Å². The van der Waals surface area contributed by atoms with Gasteiger partial charge in [-0.2, -0.15) is 0 Å². The van der Waals surface area contributed by atoms with Crippen molar-refractivity contribution in [2.24, 2.45) is 0 Å². The number of ether oxygens (including phenoxy) is 3. The van der Waals surface area contributed by atoms with Crippen LogP contribution in [0.1, 0.15) is 39.9 Å². The molecule has 3 aromatic rings. The fraction of sp³-hybridized carbons (Fsp3) is 0.333. The molecule has 4 rings (SSSR count). The Bertz CT molecular complexity index is 1120. The summed E-state index contributed by atoms with van der Waals surface area (Å²) in [5, 5.41) is 0.758. The van der Waals surface area contributed by atoms with Gasteiger partial charge in [-0.15, -0.1) is 0 Å². The van der Waals surface area contributed by atoms with Crippen molar-refractivity contribution in [1.29, 1.82) is 0 Å². The minimum atomic E-state index is -0.511.